The molecule has 23 heavy (non-hydrogen) atoms. The summed E-state index contributed by atoms with van der Waals surface area (Å²) < 4.78 is 13.7. The highest BCUT2D eigenvalue weighted by molar-refractivity contribution is 6.30. The van der Waals surface area contributed by atoms with Crippen molar-refractivity contribution in [3.63, 3.8) is 0 Å². The number of nitrogens with one attached hydrogen (secondary N) is 1. The molecular weight excluding hydrogens is 315 g/mol. The lowest BCUT2D eigenvalue weighted by molar-refractivity contribution is -0.117. The summed E-state index contributed by atoms with van der Waals surface area (Å²) >= 11 is 5.69. The number of hydrogen-bond acceptors (Lipinski definition) is 2. The lowest BCUT2D eigenvalue weighted by atomic mass is 10.1. The molecule has 0 spiro atoms. The summed E-state index contributed by atoms with van der Waals surface area (Å²) in [5.74, 6) is -0.804. The average molecular weight is 335 g/mol. The second kappa shape index (κ2) is 7.57. The van der Waals surface area contributed by atoms with Gasteiger partial charge in [-0.1, -0.05) is 35.4 Å². The molecule has 0 aromatic heterocycles. The minimum atomic E-state index is -0.539. The third-order valence-electron chi connectivity index (χ3n) is 3.56. The maximum absolute atomic E-state index is 13.7. The lowest BCUT2D eigenvalue weighted by Crippen LogP contribution is -2.30. The molecule has 0 saturated carbocycles. The second-order valence-corrected chi connectivity index (χ2v) is 6.21. The number of nitrogens with zero attached hydrogens (tertiary/aromatic N) is 1. The minimum Gasteiger partial charge on any atom is -0.322 e. The summed E-state index contributed by atoms with van der Waals surface area (Å²) in [4.78, 5) is 13.9. The average Bonchev–Trinajstić information content (AvgIpc) is 2.45. The van der Waals surface area contributed by atoms with E-state index in [1.54, 1.807) is 6.07 Å². The van der Waals surface area contributed by atoms with Gasteiger partial charge in [-0.25, -0.2) is 4.39 Å². The zero-order chi connectivity index (χ0) is 17.0. The smallest absolute Gasteiger partial charge is 0.238 e. The zero-order valence-electron chi connectivity index (χ0n) is 13.5. The van der Waals surface area contributed by atoms with Gasteiger partial charge in [-0.05, 0) is 50.2 Å². The number of rotatable bonds is 5. The highest BCUT2D eigenvalue weighted by Gasteiger charge is 2.11. The molecule has 1 N–H and O–H groups in total. The van der Waals surface area contributed by atoms with E-state index in [2.05, 4.69) is 37.4 Å². The summed E-state index contributed by atoms with van der Waals surface area (Å²) in [7, 11) is 1.86. The van der Waals surface area contributed by atoms with E-state index in [1.807, 2.05) is 11.9 Å². The predicted octanol–water partition coefficient (Wildman–Crippen LogP) is 4.17. The monoisotopic (exact) mass is 334 g/mol. The molecule has 122 valence electrons. The molecular formula is C18H20ClFN2O. The first-order valence-corrected chi connectivity index (χ1v) is 7.72. The number of halogens is 2. The van der Waals surface area contributed by atoms with Crippen LogP contribution in [0.25, 0.3) is 0 Å². The van der Waals surface area contributed by atoms with Gasteiger partial charge in [0.05, 0.1) is 12.2 Å². The maximum atomic E-state index is 13.7. The molecule has 0 aliphatic heterocycles. The van der Waals surface area contributed by atoms with Gasteiger partial charge in [-0.2, -0.15) is 0 Å². The first kappa shape index (κ1) is 17.4. The van der Waals surface area contributed by atoms with Crippen LogP contribution < -0.4 is 5.32 Å². The van der Waals surface area contributed by atoms with Crippen LogP contribution in [0.4, 0.5) is 10.1 Å². The molecule has 0 fully saturated rings. The number of carbonyl (C=O) groups excluding carboxylic acids is 1. The molecule has 0 unspecified atom stereocenters. The molecule has 2 aromatic carbocycles. The molecule has 5 heteroatoms. The topological polar surface area (TPSA) is 32.3 Å². The zero-order valence-corrected chi connectivity index (χ0v) is 14.2. The molecule has 0 saturated heterocycles. The van der Waals surface area contributed by atoms with Gasteiger partial charge in [-0.15, -0.1) is 0 Å². The van der Waals surface area contributed by atoms with Gasteiger partial charge in [0.15, 0.2) is 0 Å². The van der Waals surface area contributed by atoms with Gasteiger partial charge >= 0.3 is 0 Å². The summed E-state index contributed by atoms with van der Waals surface area (Å²) in [5.41, 5.74) is 3.72. The Kier molecular flexibility index (Phi) is 5.74. The van der Waals surface area contributed by atoms with Crippen LogP contribution in [0.3, 0.4) is 0 Å². The van der Waals surface area contributed by atoms with E-state index in [0.29, 0.717) is 11.6 Å². The van der Waals surface area contributed by atoms with Crippen LogP contribution in [0, 0.1) is 19.7 Å². The third kappa shape index (κ3) is 5.05. The number of anilines is 1. The molecule has 2 rings (SSSR count). The molecule has 0 aliphatic carbocycles. The van der Waals surface area contributed by atoms with Gasteiger partial charge in [0.1, 0.15) is 5.82 Å². The first-order chi connectivity index (χ1) is 10.8. The van der Waals surface area contributed by atoms with Crippen molar-refractivity contribution in [2.75, 3.05) is 18.9 Å². The number of hydrogen-bond donors (Lipinski definition) is 1. The molecule has 3 nitrogen and oxygen atoms in total. The standard InChI is InChI=1S/C18H20ClFN2O/c1-12-4-5-14(13(2)8-12)10-22(3)11-18(23)21-17-7-6-15(19)9-16(17)20/h4-9H,10-11H2,1-3H3,(H,21,23). The summed E-state index contributed by atoms with van der Waals surface area (Å²) in [6.45, 7) is 4.94. The second-order valence-electron chi connectivity index (χ2n) is 5.77. The molecule has 0 atom stereocenters. The van der Waals surface area contributed by atoms with Crippen molar-refractivity contribution < 1.29 is 9.18 Å². The van der Waals surface area contributed by atoms with E-state index in [1.165, 1.54) is 28.8 Å². The van der Waals surface area contributed by atoms with Gasteiger partial charge in [0.25, 0.3) is 0 Å². The number of amides is 1. The summed E-state index contributed by atoms with van der Waals surface area (Å²) in [6.07, 6.45) is 0. The van der Waals surface area contributed by atoms with E-state index >= 15 is 0 Å². The third-order valence-corrected chi connectivity index (χ3v) is 3.79. The highest BCUT2D eigenvalue weighted by atomic mass is 35.5. The Bertz CT molecular complexity index is 718. The number of likely N-dealkylation sites (N-methyl/N-ethyl adjacent to an activating group) is 1. The van der Waals surface area contributed by atoms with Crippen LogP contribution >= 0.6 is 11.6 Å². The van der Waals surface area contributed by atoms with E-state index in [0.717, 1.165) is 0 Å². The van der Waals surface area contributed by atoms with Gasteiger partial charge in [0, 0.05) is 11.6 Å². The Balaban J connectivity index is 1.94. The van der Waals surface area contributed by atoms with Crippen molar-refractivity contribution in [2.24, 2.45) is 0 Å². The summed E-state index contributed by atoms with van der Waals surface area (Å²) in [6, 6.07) is 10.4. The SMILES string of the molecule is Cc1ccc(CN(C)CC(=O)Nc2ccc(Cl)cc2F)c(C)c1. The molecule has 0 radical (unpaired) electrons. The lowest BCUT2D eigenvalue weighted by Gasteiger charge is -2.18. The highest BCUT2D eigenvalue weighted by Crippen LogP contribution is 2.19. The van der Waals surface area contributed by atoms with Crippen LogP contribution in [-0.4, -0.2) is 24.4 Å². The number of aryl methyl sites for hydroxylation is 2. The fourth-order valence-corrected chi connectivity index (χ4v) is 2.55. The minimum absolute atomic E-state index is 0.138. The predicted molar refractivity (Wildman–Crippen MR) is 92.3 cm³/mol. The molecule has 2 aromatic rings. The van der Waals surface area contributed by atoms with Crippen molar-refractivity contribution >= 4 is 23.2 Å². The van der Waals surface area contributed by atoms with Crippen molar-refractivity contribution in [1.82, 2.24) is 4.90 Å². The van der Waals surface area contributed by atoms with Gasteiger partial charge in [0.2, 0.25) is 5.91 Å². The number of benzene rings is 2. The van der Waals surface area contributed by atoms with Gasteiger partial charge in [-0.3, -0.25) is 9.69 Å². The fourth-order valence-electron chi connectivity index (χ4n) is 2.40. The molecule has 0 aliphatic rings. The van der Waals surface area contributed by atoms with Crippen LogP contribution in [0.1, 0.15) is 16.7 Å². The first-order valence-electron chi connectivity index (χ1n) is 7.34. The van der Waals surface area contributed by atoms with Crippen LogP contribution in [-0.2, 0) is 11.3 Å². The Morgan fingerprint density at radius 1 is 1.22 bits per heavy atom. The van der Waals surface area contributed by atoms with Gasteiger partial charge < -0.3 is 5.32 Å². The normalized spacial score (nSPS) is 10.9. The fraction of sp³-hybridized carbons (Fsp3) is 0.278. The van der Waals surface area contributed by atoms with E-state index in [-0.39, 0.29) is 18.1 Å². The Hall–Kier alpha value is -1.91. The van der Waals surface area contributed by atoms with E-state index < -0.39 is 5.82 Å². The van der Waals surface area contributed by atoms with Crippen molar-refractivity contribution in [3.05, 3.63) is 63.9 Å². The van der Waals surface area contributed by atoms with Crippen LogP contribution in [0.5, 0.6) is 0 Å². The van der Waals surface area contributed by atoms with Crippen LogP contribution in [0.2, 0.25) is 5.02 Å². The molecule has 1 amide bonds. The Morgan fingerprint density at radius 2 is 1.96 bits per heavy atom. The molecule has 0 bridgehead atoms. The van der Waals surface area contributed by atoms with Crippen LogP contribution in [0.15, 0.2) is 36.4 Å². The van der Waals surface area contributed by atoms with E-state index in [4.69, 9.17) is 11.6 Å². The quantitative estimate of drug-likeness (QED) is 0.890. The number of carbonyl (C=O) groups is 1. The van der Waals surface area contributed by atoms with E-state index in [9.17, 15) is 9.18 Å². The van der Waals surface area contributed by atoms with Crippen molar-refractivity contribution in [2.45, 2.75) is 20.4 Å². The van der Waals surface area contributed by atoms with Crippen molar-refractivity contribution in [3.8, 4) is 0 Å². The maximum Gasteiger partial charge on any atom is 0.238 e. The summed E-state index contributed by atoms with van der Waals surface area (Å²) in [5, 5.41) is 2.86. The molecule has 0 heterocycles. The Labute approximate surface area is 141 Å². The Morgan fingerprint density at radius 3 is 2.61 bits per heavy atom. The largest absolute Gasteiger partial charge is 0.322 e. The van der Waals surface area contributed by atoms with Crippen molar-refractivity contribution in [1.29, 1.82) is 0 Å².